The zero-order valence-corrected chi connectivity index (χ0v) is 21.1. The molecule has 2 atom stereocenters. The Morgan fingerprint density at radius 3 is 2.78 bits per heavy atom. The first-order valence-corrected chi connectivity index (χ1v) is 12.5. The van der Waals surface area contributed by atoms with E-state index in [0.29, 0.717) is 42.2 Å². The second-order valence-electron chi connectivity index (χ2n) is 8.98. The number of carbonyl (C=O) groups excluding carboxylic acids is 1. The number of rotatable bonds is 9. The van der Waals surface area contributed by atoms with E-state index in [2.05, 4.69) is 32.7 Å². The number of hydrogen-bond acceptors (Lipinski definition) is 7. The van der Waals surface area contributed by atoms with E-state index >= 15 is 0 Å². The SMILES string of the molecule is COc1cc(-c2cccc3c2CC[C@@H]3Oc2nc(OC)c(CNCC3CCC(=O)N3)cc2Cl)ccn1. The molecule has 1 aromatic carbocycles. The van der Waals surface area contributed by atoms with Crippen LogP contribution in [0.2, 0.25) is 5.02 Å². The highest BCUT2D eigenvalue weighted by Gasteiger charge is 2.28. The van der Waals surface area contributed by atoms with Gasteiger partial charge in [0, 0.05) is 43.4 Å². The number of aromatic nitrogens is 2. The van der Waals surface area contributed by atoms with Crippen LogP contribution in [0.3, 0.4) is 0 Å². The number of amides is 1. The van der Waals surface area contributed by atoms with Crippen LogP contribution in [0, 0.1) is 0 Å². The van der Waals surface area contributed by atoms with E-state index in [-0.39, 0.29) is 18.1 Å². The van der Waals surface area contributed by atoms with Gasteiger partial charge in [0.05, 0.1) is 14.2 Å². The normalized spacial score (nSPS) is 18.6. The fraction of sp³-hybridized carbons (Fsp3) is 0.370. The van der Waals surface area contributed by atoms with Crippen molar-refractivity contribution in [3.63, 3.8) is 0 Å². The lowest BCUT2D eigenvalue weighted by molar-refractivity contribution is -0.119. The van der Waals surface area contributed by atoms with Crippen LogP contribution in [0.15, 0.2) is 42.6 Å². The van der Waals surface area contributed by atoms with Crippen molar-refractivity contribution in [1.29, 1.82) is 0 Å². The van der Waals surface area contributed by atoms with Crippen LogP contribution in [0.4, 0.5) is 0 Å². The van der Waals surface area contributed by atoms with E-state index in [1.165, 1.54) is 5.56 Å². The fourth-order valence-corrected chi connectivity index (χ4v) is 5.14. The molecule has 2 N–H and O–H groups in total. The molecule has 1 fully saturated rings. The third-order valence-electron chi connectivity index (χ3n) is 6.69. The van der Waals surface area contributed by atoms with Crippen molar-refractivity contribution in [1.82, 2.24) is 20.6 Å². The van der Waals surface area contributed by atoms with Gasteiger partial charge in [-0.15, -0.1) is 0 Å². The number of hydrogen-bond donors (Lipinski definition) is 2. The first-order chi connectivity index (χ1) is 17.6. The van der Waals surface area contributed by atoms with Gasteiger partial charge in [-0.05, 0) is 53.6 Å². The smallest absolute Gasteiger partial charge is 0.236 e. The number of halogens is 1. The van der Waals surface area contributed by atoms with Gasteiger partial charge >= 0.3 is 0 Å². The van der Waals surface area contributed by atoms with Gasteiger partial charge in [0.1, 0.15) is 11.1 Å². The van der Waals surface area contributed by atoms with Crippen molar-refractivity contribution in [3.05, 3.63) is 64.3 Å². The molecule has 2 aliphatic rings. The zero-order valence-electron chi connectivity index (χ0n) is 20.3. The van der Waals surface area contributed by atoms with Crippen molar-refractivity contribution >= 4 is 17.5 Å². The van der Waals surface area contributed by atoms with Crippen LogP contribution < -0.4 is 24.8 Å². The lowest BCUT2D eigenvalue weighted by Gasteiger charge is -2.18. The molecule has 1 aliphatic heterocycles. The highest BCUT2D eigenvalue weighted by atomic mass is 35.5. The van der Waals surface area contributed by atoms with Crippen LogP contribution in [0.5, 0.6) is 17.6 Å². The van der Waals surface area contributed by atoms with Gasteiger partial charge in [0.15, 0.2) is 0 Å². The van der Waals surface area contributed by atoms with Crippen molar-refractivity contribution in [2.45, 2.75) is 44.4 Å². The van der Waals surface area contributed by atoms with Gasteiger partial charge in [0.25, 0.3) is 0 Å². The van der Waals surface area contributed by atoms with E-state index in [1.54, 1.807) is 20.4 Å². The average molecular weight is 509 g/mol. The standard InChI is InChI=1S/C27H29ClN4O4/c1-34-25-13-16(10-11-30-25)19-4-3-5-21-20(19)7-8-23(21)36-27-22(28)12-17(26(32-27)35-2)14-29-15-18-6-9-24(33)31-18/h3-5,10-13,18,23,29H,6-9,14-15H2,1-2H3,(H,31,33)/t18?,23-/m0/s1. The van der Waals surface area contributed by atoms with Crippen LogP contribution in [-0.4, -0.2) is 42.7 Å². The van der Waals surface area contributed by atoms with Gasteiger partial charge in [0.2, 0.25) is 23.5 Å². The lowest BCUT2D eigenvalue weighted by atomic mass is 9.97. The first-order valence-electron chi connectivity index (χ1n) is 12.1. The molecule has 36 heavy (non-hydrogen) atoms. The Morgan fingerprint density at radius 1 is 1.11 bits per heavy atom. The zero-order chi connectivity index (χ0) is 25.1. The molecule has 1 unspecified atom stereocenters. The van der Waals surface area contributed by atoms with E-state index < -0.39 is 0 Å². The van der Waals surface area contributed by atoms with Crippen molar-refractivity contribution in [3.8, 4) is 28.8 Å². The van der Waals surface area contributed by atoms with Gasteiger partial charge in [-0.25, -0.2) is 4.98 Å². The van der Waals surface area contributed by atoms with Crippen LogP contribution in [0.1, 0.15) is 42.1 Å². The molecule has 5 rings (SSSR count). The molecule has 1 amide bonds. The molecule has 1 aliphatic carbocycles. The molecule has 0 saturated carbocycles. The second-order valence-corrected chi connectivity index (χ2v) is 9.39. The van der Waals surface area contributed by atoms with Crippen molar-refractivity contribution in [2.24, 2.45) is 0 Å². The fourth-order valence-electron chi connectivity index (χ4n) is 4.92. The summed E-state index contributed by atoms with van der Waals surface area (Å²) < 4.78 is 17.2. The summed E-state index contributed by atoms with van der Waals surface area (Å²) >= 11 is 6.60. The minimum absolute atomic E-state index is 0.103. The highest BCUT2D eigenvalue weighted by molar-refractivity contribution is 6.31. The molecule has 8 nitrogen and oxygen atoms in total. The summed E-state index contributed by atoms with van der Waals surface area (Å²) in [5.74, 6) is 1.51. The quantitative estimate of drug-likeness (QED) is 0.446. The number of methoxy groups -OCH3 is 2. The summed E-state index contributed by atoms with van der Waals surface area (Å²) in [5.41, 5.74) is 5.42. The first kappa shape index (κ1) is 24.3. The molecule has 0 bridgehead atoms. The van der Waals surface area contributed by atoms with Gasteiger partial charge in [-0.2, -0.15) is 4.98 Å². The van der Waals surface area contributed by atoms with Gasteiger partial charge < -0.3 is 24.8 Å². The van der Waals surface area contributed by atoms with Gasteiger partial charge in [-0.1, -0.05) is 29.8 Å². The number of pyridine rings is 2. The minimum Gasteiger partial charge on any atom is -0.481 e. The van der Waals surface area contributed by atoms with Crippen molar-refractivity contribution < 1.29 is 19.0 Å². The number of benzene rings is 1. The predicted molar refractivity (Wildman–Crippen MR) is 137 cm³/mol. The third kappa shape index (κ3) is 5.10. The summed E-state index contributed by atoms with van der Waals surface area (Å²) in [6, 6.07) is 12.2. The maximum absolute atomic E-state index is 11.4. The lowest BCUT2D eigenvalue weighted by Crippen LogP contribution is -2.35. The molecule has 1 saturated heterocycles. The van der Waals surface area contributed by atoms with Crippen LogP contribution in [-0.2, 0) is 17.8 Å². The van der Waals surface area contributed by atoms with Gasteiger partial charge in [-0.3, -0.25) is 4.79 Å². The minimum atomic E-state index is -0.159. The molecule has 0 radical (unpaired) electrons. The Morgan fingerprint density at radius 2 is 2.00 bits per heavy atom. The average Bonchev–Trinajstić information content (AvgIpc) is 3.51. The number of nitrogens with one attached hydrogen (secondary N) is 2. The summed E-state index contributed by atoms with van der Waals surface area (Å²) in [5, 5.41) is 6.74. The number of carbonyl (C=O) groups is 1. The number of fused-ring (bicyclic) bond motifs is 1. The van der Waals surface area contributed by atoms with E-state index in [9.17, 15) is 4.79 Å². The maximum atomic E-state index is 11.4. The maximum Gasteiger partial charge on any atom is 0.236 e. The summed E-state index contributed by atoms with van der Waals surface area (Å²) in [7, 11) is 3.20. The van der Waals surface area contributed by atoms with E-state index in [1.807, 2.05) is 24.3 Å². The molecule has 9 heteroatoms. The number of ether oxygens (including phenoxy) is 3. The Kier molecular flexibility index (Phi) is 7.25. The highest BCUT2D eigenvalue weighted by Crippen LogP contribution is 2.41. The Bertz CT molecular complexity index is 1270. The Hall–Kier alpha value is -3.36. The van der Waals surface area contributed by atoms with Crippen LogP contribution in [0.25, 0.3) is 11.1 Å². The topological polar surface area (TPSA) is 94.6 Å². The predicted octanol–water partition coefficient (Wildman–Crippen LogP) is 4.25. The Balaban J connectivity index is 1.31. The number of nitrogens with zero attached hydrogens (tertiary/aromatic N) is 2. The molecule has 3 heterocycles. The van der Waals surface area contributed by atoms with E-state index in [0.717, 1.165) is 41.5 Å². The molecular weight excluding hydrogens is 480 g/mol. The van der Waals surface area contributed by atoms with Crippen molar-refractivity contribution in [2.75, 3.05) is 20.8 Å². The summed E-state index contributed by atoms with van der Waals surface area (Å²) in [6.07, 6.45) is 4.73. The monoisotopic (exact) mass is 508 g/mol. The molecular formula is C27H29ClN4O4. The Labute approximate surface area is 215 Å². The molecule has 2 aromatic heterocycles. The summed E-state index contributed by atoms with van der Waals surface area (Å²) in [6.45, 7) is 1.20. The second kappa shape index (κ2) is 10.7. The van der Waals surface area contributed by atoms with E-state index in [4.69, 9.17) is 25.8 Å². The molecule has 0 spiro atoms. The van der Waals surface area contributed by atoms with Crippen LogP contribution >= 0.6 is 11.6 Å². The largest absolute Gasteiger partial charge is 0.481 e. The molecule has 188 valence electrons. The molecule has 3 aromatic rings. The summed E-state index contributed by atoms with van der Waals surface area (Å²) in [4.78, 5) is 20.2. The third-order valence-corrected chi connectivity index (χ3v) is 6.96.